The van der Waals surface area contributed by atoms with E-state index in [1.165, 1.54) is 0 Å². The lowest BCUT2D eigenvalue weighted by atomic mass is 10.3. The molecule has 0 aromatic rings. The lowest BCUT2D eigenvalue weighted by Crippen LogP contribution is -1.85. The zero-order valence-electron chi connectivity index (χ0n) is 6.17. The van der Waals surface area contributed by atoms with Crippen LogP contribution in [0.3, 0.4) is 0 Å². The number of fused-ring (bicyclic) bond motifs is 1. The number of hydrogen-bond acceptors (Lipinski definition) is 0. The van der Waals surface area contributed by atoms with Gasteiger partial charge in [-0.1, -0.05) is 0 Å². The van der Waals surface area contributed by atoms with Crippen molar-refractivity contribution in [1.82, 2.24) is 0 Å². The monoisotopic (exact) mass is 194 g/mol. The molecule has 0 heterocycles. The van der Waals surface area contributed by atoms with Gasteiger partial charge in [-0.05, 0) is 12.0 Å². The highest BCUT2D eigenvalue weighted by atomic mass is 19.2. The van der Waals surface area contributed by atoms with Crippen LogP contribution in [0.4, 0.5) is 22.0 Å². The van der Waals surface area contributed by atoms with Crippen molar-refractivity contribution in [3.63, 3.8) is 0 Å². The summed E-state index contributed by atoms with van der Waals surface area (Å²) in [4.78, 5) is 0. The summed E-state index contributed by atoms with van der Waals surface area (Å²) in [5, 5.41) is 0. The van der Waals surface area contributed by atoms with Gasteiger partial charge in [-0.2, -0.15) is 0 Å². The van der Waals surface area contributed by atoms with E-state index >= 15 is 0 Å². The molecule has 0 spiro atoms. The molecule has 0 aliphatic heterocycles. The molecule has 0 radical (unpaired) electrons. The molecule has 13 heavy (non-hydrogen) atoms. The van der Waals surface area contributed by atoms with Gasteiger partial charge in [0.25, 0.3) is 0 Å². The summed E-state index contributed by atoms with van der Waals surface area (Å²) in [5.74, 6) is -9.94. The van der Waals surface area contributed by atoms with E-state index in [-0.39, 0.29) is 12.0 Å². The summed E-state index contributed by atoms with van der Waals surface area (Å²) in [5.41, 5.74) is -0.210. The van der Waals surface area contributed by atoms with Gasteiger partial charge in [-0.3, -0.25) is 0 Å². The molecule has 0 amide bonds. The van der Waals surface area contributed by atoms with Gasteiger partial charge in [0.05, 0.1) is 0 Å². The second kappa shape index (κ2) is 2.43. The highest BCUT2D eigenvalue weighted by Crippen LogP contribution is 2.52. The van der Waals surface area contributed by atoms with Crippen LogP contribution in [-0.4, -0.2) is 0 Å². The van der Waals surface area contributed by atoms with Crippen molar-refractivity contribution in [3.8, 4) is 0 Å². The van der Waals surface area contributed by atoms with Crippen molar-refractivity contribution in [2.24, 2.45) is 5.92 Å². The van der Waals surface area contributed by atoms with Crippen molar-refractivity contribution in [2.45, 2.75) is 6.42 Å². The number of rotatable bonds is 0. The molecule has 0 N–H and O–H groups in total. The number of allylic oxidation sites excluding steroid dienone is 6. The number of halogens is 5. The van der Waals surface area contributed by atoms with E-state index < -0.39 is 35.1 Å². The van der Waals surface area contributed by atoms with E-state index in [4.69, 9.17) is 0 Å². The Bertz CT molecular complexity index is 370. The molecule has 1 fully saturated rings. The fourth-order valence-corrected chi connectivity index (χ4v) is 1.24. The molecular weight excluding hydrogens is 191 g/mol. The third kappa shape index (κ3) is 1.03. The maximum absolute atomic E-state index is 12.7. The summed E-state index contributed by atoms with van der Waals surface area (Å²) >= 11 is 0. The Morgan fingerprint density at radius 2 is 1.31 bits per heavy atom. The highest BCUT2D eigenvalue weighted by Gasteiger charge is 2.44. The fourth-order valence-electron chi connectivity index (χ4n) is 1.24. The van der Waals surface area contributed by atoms with E-state index in [2.05, 4.69) is 0 Å². The molecule has 1 saturated carbocycles. The normalized spacial score (nSPS) is 27.9. The summed E-state index contributed by atoms with van der Waals surface area (Å²) in [6, 6.07) is 0. The van der Waals surface area contributed by atoms with Gasteiger partial charge in [0, 0.05) is 5.92 Å². The predicted octanol–water partition coefficient (Wildman–Crippen LogP) is 3.54. The van der Waals surface area contributed by atoms with Crippen molar-refractivity contribution in [2.75, 3.05) is 0 Å². The topological polar surface area (TPSA) is 0 Å². The SMILES string of the molecule is FC1=C(F)C(F)=C2CC2C(F)=C1F. The van der Waals surface area contributed by atoms with Gasteiger partial charge in [0.1, 0.15) is 5.83 Å². The van der Waals surface area contributed by atoms with Crippen molar-refractivity contribution in [1.29, 1.82) is 0 Å². The minimum Gasteiger partial charge on any atom is -0.208 e. The predicted molar refractivity (Wildman–Crippen MR) is 34.7 cm³/mol. The van der Waals surface area contributed by atoms with Gasteiger partial charge in [-0.15, -0.1) is 0 Å². The van der Waals surface area contributed by atoms with Crippen molar-refractivity contribution < 1.29 is 22.0 Å². The first-order chi connectivity index (χ1) is 6.04. The van der Waals surface area contributed by atoms with Crippen LogP contribution in [0, 0.1) is 5.92 Å². The van der Waals surface area contributed by atoms with Crippen LogP contribution in [0.1, 0.15) is 6.42 Å². The van der Waals surface area contributed by atoms with Gasteiger partial charge >= 0.3 is 0 Å². The molecule has 0 aromatic carbocycles. The maximum atomic E-state index is 12.7. The Hall–Kier alpha value is -1.13. The Kier molecular flexibility index (Phi) is 1.58. The Morgan fingerprint density at radius 3 is 1.92 bits per heavy atom. The van der Waals surface area contributed by atoms with Crippen LogP contribution in [0.15, 0.2) is 34.7 Å². The van der Waals surface area contributed by atoms with Crippen LogP contribution >= 0.6 is 0 Å². The fraction of sp³-hybridized carbons (Fsp3) is 0.250. The largest absolute Gasteiger partial charge is 0.208 e. The van der Waals surface area contributed by atoms with Gasteiger partial charge in [0.15, 0.2) is 23.3 Å². The van der Waals surface area contributed by atoms with Crippen LogP contribution in [0.25, 0.3) is 0 Å². The Morgan fingerprint density at radius 1 is 0.769 bits per heavy atom. The molecule has 0 bridgehead atoms. The van der Waals surface area contributed by atoms with E-state index in [1.807, 2.05) is 0 Å². The second-order valence-electron chi connectivity index (χ2n) is 2.89. The quantitative estimate of drug-likeness (QED) is 0.517. The summed E-state index contributed by atoms with van der Waals surface area (Å²) in [6.45, 7) is 0. The third-order valence-corrected chi connectivity index (χ3v) is 2.06. The zero-order chi connectivity index (χ0) is 9.75. The highest BCUT2D eigenvalue weighted by molar-refractivity contribution is 5.49. The molecule has 0 nitrogen and oxygen atoms in total. The first-order valence-corrected chi connectivity index (χ1v) is 3.53. The van der Waals surface area contributed by atoms with E-state index in [0.717, 1.165) is 0 Å². The van der Waals surface area contributed by atoms with E-state index in [1.54, 1.807) is 0 Å². The maximum Gasteiger partial charge on any atom is 0.200 e. The molecule has 2 rings (SSSR count). The first kappa shape index (κ1) is 8.47. The minimum absolute atomic E-state index is 0.0776. The average Bonchev–Trinajstić information content (AvgIpc) is 2.90. The van der Waals surface area contributed by atoms with Crippen LogP contribution in [0.5, 0.6) is 0 Å². The van der Waals surface area contributed by atoms with Crippen LogP contribution < -0.4 is 0 Å². The number of hydrogen-bond donors (Lipinski definition) is 0. The van der Waals surface area contributed by atoms with Gasteiger partial charge < -0.3 is 0 Å². The molecular formula is C8H3F5. The lowest BCUT2D eigenvalue weighted by Gasteiger charge is -1.95. The van der Waals surface area contributed by atoms with Crippen LogP contribution in [0.2, 0.25) is 0 Å². The van der Waals surface area contributed by atoms with E-state index in [9.17, 15) is 22.0 Å². The van der Waals surface area contributed by atoms with Gasteiger partial charge in [0.2, 0.25) is 0 Å². The van der Waals surface area contributed by atoms with E-state index in [0.29, 0.717) is 0 Å². The average molecular weight is 194 g/mol. The van der Waals surface area contributed by atoms with Crippen molar-refractivity contribution >= 4 is 0 Å². The molecule has 5 heteroatoms. The molecule has 1 atom stereocenters. The smallest absolute Gasteiger partial charge is 0.200 e. The lowest BCUT2D eigenvalue weighted by molar-refractivity contribution is 0.447. The molecule has 2 aliphatic rings. The Balaban J connectivity index is 2.62. The molecule has 0 aromatic heterocycles. The van der Waals surface area contributed by atoms with Crippen molar-refractivity contribution in [3.05, 3.63) is 34.7 Å². The standard InChI is InChI=1S/C8H3F5/c9-4-2-1-3(2)5(10)7(12)8(13)6(4)11/h2H,1H2. The molecule has 70 valence electrons. The first-order valence-electron chi connectivity index (χ1n) is 3.53. The molecule has 1 unspecified atom stereocenters. The summed E-state index contributed by atoms with van der Waals surface area (Å²) in [6.07, 6.45) is -0.0776. The van der Waals surface area contributed by atoms with Gasteiger partial charge in [-0.25, -0.2) is 22.0 Å². The summed E-state index contributed by atoms with van der Waals surface area (Å²) in [7, 11) is 0. The van der Waals surface area contributed by atoms with Crippen LogP contribution in [-0.2, 0) is 0 Å². The molecule has 0 saturated heterocycles. The second-order valence-corrected chi connectivity index (χ2v) is 2.89. The zero-order valence-corrected chi connectivity index (χ0v) is 6.17. The molecule has 2 aliphatic carbocycles. The Labute approximate surface area is 70.0 Å². The third-order valence-electron chi connectivity index (χ3n) is 2.06. The minimum atomic E-state index is -2.09. The summed E-state index contributed by atoms with van der Waals surface area (Å²) < 4.78 is 63.1.